The number of phenolic OH excluding ortho intramolecular Hbond substituents is 1. The Balaban J connectivity index is 1.97. The van der Waals surface area contributed by atoms with E-state index in [-0.39, 0.29) is 36.9 Å². The first kappa shape index (κ1) is 18.3. The highest BCUT2D eigenvalue weighted by atomic mass is 16.5. The Morgan fingerprint density at radius 2 is 1.76 bits per heavy atom. The highest BCUT2D eigenvalue weighted by molar-refractivity contribution is 5.79. The lowest BCUT2D eigenvalue weighted by molar-refractivity contribution is -0.142. The molecule has 2 aromatic rings. The van der Waals surface area contributed by atoms with Crippen molar-refractivity contribution in [2.24, 2.45) is 0 Å². The summed E-state index contributed by atoms with van der Waals surface area (Å²) < 4.78 is 10.2. The third-order valence-corrected chi connectivity index (χ3v) is 3.40. The molecule has 0 aromatic heterocycles. The van der Waals surface area contributed by atoms with Gasteiger partial charge in [-0.3, -0.25) is 9.59 Å². The first-order valence-electron chi connectivity index (χ1n) is 7.96. The van der Waals surface area contributed by atoms with E-state index in [9.17, 15) is 14.7 Å². The quantitative estimate of drug-likeness (QED) is 0.449. The van der Waals surface area contributed by atoms with Gasteiger partial charge in [0.25, 0.3) is 0 Å². The first-order valence-corrected chi connectivity index (χ1v) is 7.96. The number of esters is 2. The zero-order chi connectivity index (χ0) is 18.1. The average molecular weight is 340 g/mol. The van der Waals surface area contributed by atoms with Gasteiger partial charge in [0.05, 0.1) is 0 Å². The van der Waals surface area contributed by atoms with Crippen LogP contribution in [0.15, 0.2) is 61.2 Å². The molecule has 0 saturated carbocycles. The molecule has 0 amide bonds. The second kappa shape index (κ2) is 9.27. The van der Waals surface area contributed by atoms with Crippen LogP contribution in [-0.2, 0) is 14.3 Å². The van der Waals surface area contributed by atoms with Crippen LogP contribution in [0, 0.1) is 0 Å². The molecule has 0 unspecified atom stereocenters. The Labute approximate surface area is 146 Å². The largest absolute Gasteiger partial charge is 0.508 e. The number of carbonyl (C=O) groups is 2. The fourth-order valence-corrected chi connectivity index (χ4v) is 2.23. The van der Waals surface area contributed by atoms with Gasteiger partial charge in [-0.2, -0.15) is 0 Å². The summed E-state index contributed by atoms with van der Waals surface area (Å²) in [5.41, 5.74) is 1.58. The number of benzene rings is 2. The lowest BCUT2D eigenvalue weighted by atomic mass is 10.0. The summed E-state index contributed by atoms with van der Waals surface area (Å²) in [6.45, 7) is 3.62. The van der Waals surface area contributed by atoms with E-state index in [0.29, 0.717) is 12.0 Å². The van der Waals surface area contributed by atoms with Gasteiger partial charge >= 0.3 is 11.9 Å². The van der Waals surface area contributed by atoms with Gasteiger partial charge in [-0.05, 0) is 24.1 Å². The minimum Gasteiger partial charge on any atom is -0.508 e. The zero-order valence-corrected chi connectivity index (χ0v) is 13.8. The molecule has 1 N–H and O–H groups in total. The standard InChI is InChI=1S/C20H20O5/c1-2-13-24-19(22)9-6-10-20(23)25-18-14-16(21)11-12-17(18)15-7-4-3-5-8-15/h2-5,7-8,11-12,14,21H,1,6,9-10,13H2. The predicted octanol–water partition coefficient (Wildman–Crippen LogP) is 3.86. The maximum absolute atomic E-state index is 12.0. The van der Waals surface area contributed by atoms with Gasteiger partial charge in [-0.15, -0.1) is 0 Å². The number of carbonyl (C=O) groups excluding carboxylic acids is 2. The number of phenols is 1. The second-order valence-electron chi connectivity index (χ2n) is 5.35. The van der Waals surface area contributed by atoms with E-state index in [0.717, 1.165) is 5.56 Å². The smallest absolute Gasteiger partial charge is 0.311 e. The molecule has 0 aliphatic carbocycles. The lowest BCUT2D eigenvalue weighted by Gasteiger charge is -2.11. The Bertz CT molecular complexity index is 737. The van der Waals surface area contributed by atoms with Crippen molar-refractivity contribution in [1.29, 1.82) is 0 Å². The molecule has 0 atom stereocenters. The van der Waals surface area contributed by atoms with Crippen molar-refractivity contribution in [1.82, 2.24) is 0 Å². The maximum Gasteiger partial charge on any atom is 0.311 e. The number of hydrogen-bond donors (Lipinski definition) is 1. The lowest BCUT2D eigenvalue weighted by Crippen LogP contribution is -2.10. The number of hydrogen-bond acceptors (Lipinski definition) is 5. The van der Waals surface area contributed by atoms with Crippen LogP contribution in [0.3, 0.4) is 0 Å². The normalized spacial score (nSPS) is 10.1. The molecule has 5 heteroatoms. The van der Waals surface area contributed by atoms with Crippen LogP contribution in [0.2, 0.25) is 0 Å². The second-order valence-corrected chi connectivity index (χ2v) is 5.35. The zero-order valence-electron chi connectivity index (χ0n) is 13.8. The topological polar surface area (TPSA) is 72.8 Å². The van der Waals surface area contributed by atoms with E-state index in [1.807, 2.05) is 30.3 Å². The van der Waals surface area contributed by atoms with Crippen LogP contribution >= 0.6 is 0 Å². The summed E-state index contributed by atoms with van der Waals surface area (Å²) in [6.07, 6.45) is 2.02. The van der Waals surface area contributed by atoms with E-state index >= 15 is 0 Å². The van der Waals surface area contributed by atoms with Crippen molar-refractivity contribution >= 4 is 11.9 Å². The van der Waals surface area contributed by atoms with Gasteiger partial charge in [0.15, 0.2) is 0 Å². The van der Waals surface area contributed by atoms with Crippen LogP contribution in [0.4, 0.5) is 0 Å². The Hall–Kier alpha value is -3.08. The molecule has 0 radical (unpaired) electrons. The van der Waals surface area contributed by atoms with Crippen molar-refractivity contribution in [3.63, 3.8) is 0 Å². The summed E-state index contributed by atoms with van der Waals surface area (Å²) >= 11 is 0. The third kappa shape index (κ3) is 5.80. The van der Waals surface area contributed by atoms with Crippen molar-refractivity contribution in [3.05, 3.63) is 61.2 Å². The highest BCUT2D eigenvalue weighted by Crippen LogP contribution is 2.33. The van der Waals surface area contributed by atoms with Crippen molar-refractivity contribution < 1.29 is 24.2 Å². The van der Waals surface area contributed by atoms with Gasteiger partial charge < -0.3 is 14.6 Å². The minimum atomic E-state index is -0.473. The highest BCUT2D eigenvalue weighted by Gasteiger charge is 2.13. The van der Waals surface area contributed by atoms with E-state index < -0.39 is 5.97 Å². The molecule has 25 heavy (non-hydrogen) atoms. The van der Waals surface area contributed by atoms with Gasteiger partial charge in [-0.1, -0.05) is 43.0 Å². The van der Waals surface area contributed by atoms with Gasteiger partial charge in [0.2, 0.25) is 0 Å². The fourth-order valence-electron chi connectivity index (χ4n) is 2.23. The van der Waals surface area contributed by atoms with E-state index in [1.54, 1.807) is 6.07 Å². The Morgan fingerprint density at radius 1 is 1.04 bits per heavy atom. The molecule has 0 aliphatic rings. The molecule has 0 saturated heterocycles. The van der Waals surface area contributed by atoms with Gasteiger partial charge in [0, 0.05) is 24.5 Å². The molecule has 0 aliphatic heterocycles. The number of ether oxygens (including phenoxy) is 2. The molecule has 2 aromatic carbocycles. The SMILES string of the molecule is C=CCOC(=O)CCCC(=O)Oc1cc(O)ccc1-c1ccccc1. The van der Waals surface area contributed by atoms with Crippen molar-refractivity contribution in [3.8, 4) is 22.6 Å². The molecule has 2 rings (SSSR count). The first-order chi connectivity index (χ1) is 12.1. The number of aromatic hydroxyl groups is 1. The van der Waals surface area contributed by atoms with Gasteiger partial charge in [-0.25, -0.2) is 0 Å². The summed E-state index contributed by atoms with van der Waals surface area (Å²) in [5.74, 6) is -0.560. The monoisotopic (exact) mass is 340 g/mol. The van der Waals surface area contributed by atoms with Crippen LogP contribution in [0.5, 0.6) is 11.5 Å². The van der Waals surface area contributed by atoms with E-state index in [2.05, 4.69) is 6.58 Å². The molecule has 0 heterocycles. The summed E-state index contributed by atoms with van der Waals surface area (Å²) in [7, 11) is 0. The Morgan fingerprint density at radius 3 is 2.48 bits per heavy atom. The van der Waals surface area contributed by atoms with Crippen molar-refractivity contribution in [2.45, 2.75) is 19.3 Å². The molecule has 130 valence electrons. The molecule has 0 fully saturated rings. The minimum absolute atomic E-state index is 0.00971. The van der Waals surface area contributed by atoms with Crippen LogP contribution in [0.25, 0.3) is 11.1 Å². The Kier molecular flexibility index (Phi) is 6.77. The molecular formula is C20H20O5. The van der Waals surface area contributed by atoms with Crippen molar-refractivity contribution in [2.75, 3.05) is 6.61 Å². The van der Waals surface area contributed by atoms with E-state index in [1.165, 1.54) is 18.2 Å². The van der Waals surface area contributed by atoms with Crippen LogP contribution in [0.1, 0.15) is 19.3 Å². The third-order valence-electron chi connectivity index (χ3n) is 3.40. The summed E-state index contributed by atoms with van der Waals surface area (Å²) in [4.78, 5) is 23.4. The molecule has 0 bridgehead atoms. The average Bonchev–Trinajstić information content (AvgIpc) is 2.61. The molecule has 0 spiro atoms. The maximum atomic E-state index is 12.0. The summed E-state index contributed by atoms with van der Waals surface area (Å²) in [6, 6.07) is 14.1. The summed E-state index contributed by atoms with van der Waals surface area (Å²) in [5, 5.41) is 9.67. The van der Waals surface area contributed by atoms with Crippen LogP contribution < -0.4 is 4.74 Å². The fraction of sp³-hybridized carbons (Fsp3) is 0.200. The van der Waals surface area contributed by atoms with Crippen LogP contribution in [-0.4, -0.2) is 23.7 Å². The molecular weight excluding hydrogens is 320 g/mol. The van der Waals surface area contributed by atoms with E-state index in [4.69, 9.17) is 9.47 Å². The molecule has 5 nitrogen and oxygen atoms in total. The van der Waals surface area contributed by atoms with Gasteiger partial charge in [0.1, 0.15) is 18.1 Å². The number of rotatable bonds is 8. The predicted molar refractivity (Wildman–Crippen MR) is 94.2 cm³/mol.